The monoisotopic (exact) mass is 1090 g/mol. The van der Waals surface area contributed by atoms with E-state index in [-0.39, 0.29) is 68.1 Å². The first kappa shape index (κ1) is 52.6. The second-order valence-electron chi connectivity index (χ2n) is 15.3. The summed E-state index contributed by atoms with van der Waals surface area (Å²) in [5.41, 5.74) is -29.9. The first-order valence-corrected chi connectivity index (χ1v) is 19.5. The maximum Gasteiger partial charge on any atom is 0.433 e. The molecule has 6 aromatic rings. The van der Waals surface area contributed by atoms with Gasteiger partial charge in [0.1, 0.15) is 45.6 Å². The summed E-state index contributed by atoms with van der Waals surface area (Å²) < 4.78 is 350. The molecule has 0 saturated carbocycles. The van der Waals surface area contributed by atoms with E-state index < -0.39 is 152 Å². The van der Waals surface area contributed by atoms with E-state index in [4.69, 9.17) is 0 Å². The summed E-state index contributed by atoms with van der Waals surface area (Å²) in [6.45, 7) is 0. The van der Waals surface area contributed by atoms with Crippen LogP contribution in [-0.4, -0.2) is 19.9 Å². The highest BCUT2D eigenvalue weighted by molar-refractivity contribution is 6.00. The molecule has 0 aliphatic carbocycles. The molecule has 8 nitrogen and oxygen atoms in total. The van der Waals surface area contributed by atoms with Crippen molar-refractivity contribution in [3.8, 4) is 0 Å². The van der Waals surface area contributed by atoms with Crippen molar-refractivity contribution in [3.05, 3.63) is 154 Å². The zero-order valence-corrected chi connectivity index (χ0v) is 34.9. The third-order valence-electron chi connectivity index (χ3n) is 10.4. The molecule has 0 spiro atoms. The lowest BCUT2D eigenvalue weighted by atomic mass is 10.2. The number of aromatic nitrogens is 4. The normalized spacial score (nSPS) is 15.1. The summed E-state index contributed by atoms with van der Waals surface area (Å²) in [5.74, 6) is -3.22. The lowest BCUT2D eigenvalue weighted by molar-refractivity contribution is -0.151. The van der Waals surface area contributed by atoms with Crippen LogP contribution >= 0.6 is 0 Å². The minimum atomic E-state index is -5.92. The highest BCUT2D eigenvalue weighted by atomic mass is 19.4. The Morgan fingerprint density at radius 1 is 0.230 bits per heavy atom. The molecule has 0 saturated heterocycles. The molecule has 2 aliphatic heterocycles. The van der Waals surface area contributed by atoms with Crippen LogP contribution in [0.3, 0.4) is 0 Å². The topological polar surface area (TPSA) is 64.5 Å². The van der Waals surface area contributed by atoms with E-state index in [1.54, 1.807) is 0 Å². The van der Waals surface area contributed by atoms with E-state index in [1.807, 2.05) is 0 Å². The molecular formula is C42H16F24N8. The largest absolute Gasteiger partial charge is 0.433 e. The predicted molar refractivity (Wildman–Crippen MR) is 205 cm³/mol. The van der Waals surface area contributed by atoms with Crippen LogP contribution in [0.25, 0.3) is 0 Å². The van der Waals surface area contributed by atoms with Gasteiger partial charge in [0, 0.05) is 0 Å². The number of halogens is 24. The molecule has 0 atom stereocenters. The summed E-state index contributed by atoms with van der Waals surface area (Å²) in [6, 6.07) is 4.34. The Labute approximate surface area is 394 Å². The molecule has 6 heterocycles. The number of nitrogens with zero attached hydrogens (tertiary/aromatic N) is 8. The van der Waals surface area contributed by atoms with E-state index >= 15 is 0 Å². The zero-order chi connectivity index (χ0) is 54.8. The van der Waals surface area contributed by atoms with Crippen molar-refractivity contribution in [2.75, 3.05) is 19.6 Å². The van der Waals surface area contributed by atoms with Crippen LogP contribution in [-0.2, 0) is 49.4 Å². The molecule has 2 aliphatic rings. The lowest BCUT2D eigenvalue weighted by Gasteiger charge is -2.35. The van der Waals surface area contributed by atoms with Crippen LogP contribution in [0.1, 0.15) is 45.6 Å². The van der Waals surface area contributed by atoms with Gasteiger partial charge in [-0.3, -0.25) is 19.6 Å². The highest BCUT2D eigenvalue weighted by Gasteiger charge is 2.50. The second-order valence-corrected chi connectivity index (χ2v) is 15.3. The molecule has 4 aromatic heterocycles. The fourth-order valence-corrected chi connectivity index (χ4v) is 7.53. The van der Waals surface area contributed by atoms with Crippen LogP contribution in [0.5, 0.6) is 0 Å². The Morgan fingerprint density at radius 3 is 0.486 bits per heavy atom. The Kier molecular flexibility index (Phi) is 12.0. The maximum atomic E-state index is 14.6. The third kappa shape index (κ3) is 9.78. The average molecular weight is 1090 g/mol. The van der Waals surface area contributed by atoms with Gasteiger partial charge in [-0.25, -0.2) is 19.9 Å². The SMILES string of the molecule is FC(F)(F)c1cc(N2C(=C3N(c4cc(C(F)(F)F)nc(C(F)(F)F)c4)c4ccccc4N3c3cc(C(F)(F)F)nc(C(F)(F)F)c3)N(c3cc(C(F)(F)F)nc(C(F)(F)F)c3)c3ccccc32)cc(C(F)(F)F)n1. The van der Waals surface area contributed by atoms with Crippen LogP contribution < -0.4 is 19.6 Å². The van der Waals surface area contributed by atoms with Crippen molar-refractivity contribution in [1.29, 1.82) is 0 Å². The average Bonchev–Trinajstić information content (AvgIpc) is 3.79. The first-order valence-electron chi connectivity index (χ1n) is 19.5. The van der Waals surface area contributed by atoms with E-state index in [0.717, 1.165) is 24.3 Å². The molecule has 392 valence electrons. The fourth-order valence-electron chi connectivity index (χ4n) is 7.53. The standard InChI is InChI=1S/C42H16F24N8/c43-35(44,45)25-9-17(10-26(67-25)36(46,47)48)71-21-5-1-2-6-22(21)72(18-11-27(37(49,50)51)68-28(12-18)38(52,53)54)33(71)34-73(19-13-29(39(55,56)57)69-30(14-19)40(58,59)60)23-7-3-4-8-24(23)74(34)20-15-31(41(61,62)63)70-32(16-20)42(64,65)66/h1-16H. The Bertz CT molecular complexity index is 2660. The number of rotatable bonds is 4. The van der Waals surface area contributed by atoms with E-state index in [0.29, 0.717) is 24.3 Å². The van der Waals surface area contributed by atoms with Gasteiger partial charge in [0.2, 0.25) is 0 Å². The molecule has 32 heteroatoms. The molecule has 0 fully saturated rings. The van der Waals surface area contributed by atoms with Gasteiger partial charge >= 0.3 is 49.4 Å². The van der Waals surface area contributed by atoms with Crippen molar-refractivity contribution < 1.29 is 105 Å². The molecule has 0 unspecified atom stereocenters. The van der Waals surface area contributed by atoms with Gasteiger partial charge in [0.15, 0.2) is 11.6 Å². The third-order valence-corrected chi connectivity index (χ3v) is 10.4. The summed E-state index contributed by atoms with van der Waals surface area (Å²) in [4.78, 5) is 10.5. The number of anilines is 8. The summed E-state index contributed by atoms with van der Waals surface area (Å²) in [5, 5.41) is 0. The Balaban J connectivity index is 1.68. The molecule has 0 amide bonds. The Hall–Kier alpha value is -7.70. The van der Waals surface area contributed by atoms with Gasteiger partial charge in [-0.2, -0.15) is 105 Å². The van der Waals surface area contributed by atoms with Crippen molar-refractivity contribution >= 4 is 45.5 Å². The van der Waals surface area contributed by atoms with Gasteiger partial charge in [-0.15, -0.1) is 0 Å². The van der Waals surface area contributed by atoms with Crippen molar-refractivity contribution in [3.63, 3.8) is 0 Å². The van der Waals surface area contributed by atoms with Crippen molar-refractivity contribution in [2.45, 2.75) is 49.4 Å². The first-order chi connectivity index (χ1) is 33.7. The molecular weight excluding hydrogens is 1070 g/mol. The quantitative estimate of drug-likeness (QED) is 0.162. The lowest BCUT2D eigenvalue weighted by Crippen LogP contribution is -2.34. The van der Waals surface area contributed by atoms with Gasteiger partial charge in [-0.05, 0) is 72.8 Å². The number of hydrogen-bond acceptors (Lipinski definition) is 8. The number of para-hydroxylation sites is 4. The van der Waals surface area contributed by atoms with E-state index in [2.05, 4.69) is 19.9 Å². The predicted octanol–water partition coefficient (Wildman–Crippen LogP) is 15.8. The van der Waals surface area contributed by atoms with Crippen LogP contribution in [0.2, 0.25) is 0 Å². The number of benzene rings is 2. The van der Waals surface area contributed by atoms with Crippen LogP contribution in [0.15, 0.2) is 109 Å². The van der Waals surface area contributed by atoms with Crippen molar-refractivity contribution in [2.24, 2.45) is 0 Å². The van der Waals surface area contributed by atoms with Crippen LogP contribution in [0.4, 0.5) is 151 Å². The number of hydrogen-bond donors (Lipinski definition) is 0. The fraction of sp³-hybridized carbons (Fsp3) is 0.190. The number of fused-ring (bicyclic) bond motifs is 2. The van der Waals surface area contributed by atoms with Gasteiger partial charge in [0.25, 0.3) is 0 Å². The van der Waals surface area contributed by atoms with E-state index in [9.17, 15) is 105 Å². The molecule has 0 N–H and O–H groups in total. The highest BCUT2D eigenvalue weighted by Crippen LogP contribution is 2.59. The Morgan fingerprint density at radius 2 is 0.365 bits per heavy atom. The number of pyridine rings is 4. The molecule has 74 heavy (non-hydrogen) atoms. The van der Waals surface area contributed by atoms with Gasteiger partial charge in [-0.1, -0.05) is 24.3 Å². The number of alkyl halides is 24. The minimum Gasteiger partial charge on any atom is -0.291 e. The smallest absolute Gasteiger partial charge is 0.291 e. The molecule has 0 radical (unpaired) electrons. The maximum absolute atomic E-state index is 14.6. The van der Waals surface area contributed by atoms with Crippen LogP contribution in [0, 0.1) is 0 Å². The summed E-state index contributed by atoms with van der Waals surface area (Å²) in [6.07, 6.45) is -47.4. The molecule has 0 bridgehead atoms. The zero-order valence-electron chi connectivity index (χ0n) is 34.9. The molecule has 2 aromatic carbocycles. The van der Waals surface area contributed by atoms with Gasteiger partial charge in [0.05, 0.1) is 45.5 Å². The van der Waals surface area contributed by atoms with Crippen molar-refractivity contribution in [1.82, 2.24) is 19.9 Å². The van der Waals surface area contributed by atoms with Gasteiger partial charge < -0.3 is 0 Å². The second kappa shape index (κ2) is 16.9. The van der Waals surface area contributed by atoms with E-state index in [1.165, 1.54) is 0 Å². The minimum absolute atomic E-state index is 0.0801. The summed E-state index contributed by atoms with van der Waals surface area (Å²) in [7, 11) is 0. The summed E-state index contributed by atoms with van der Waals surface area (Å²) >= 11 is 0. The molecule has 8 rings (SSSR count).